The second-order valence-corrected chi connectivity index (χ2v) is 7.06. The molecule has 1 heterocycles. The topological polar surface area (TPSA) is 38.9 Å². The SMILES string of the molecule is CC(C)(C)Sc1cccc(-c2noc(C(F)(F)F)n2)c1. The summed E-state index contributed by atoms with van der Waals surface area (Å²) in [6, 6.07) is 7.05. The van der Waals surface area contributed by atoms with Crippen molar-refractivity contribution in [2.45, 2.75) is 36.6 Å². The normalized spacial score (nSPS) is 12.7. The Hall–Kier alpha value is -1.50. The van der Waals surface area contributed by atoms with Crippen LogP contribution in [0.25, 0.3) is 11.4 Å². The zero-order valence-electron chi connectivity index (χ0n) is 11.2. The first kappa shape index (κ1) is 14.9. The molecule has 7 heteroatoms. The Morgan fingerprint density at radius 2 is 1.85 bits per heavy atom. The molecular weight excluding hydrogens is 289 g/mol. The van der Waals surface area contributed by atoms with Gasteiger partial charge in [0.05, 0.1) is 0 Å². The van der Waals surface area contributed by atoms with Crippen molar-refractivity contribution in [1.82, 2.24) is 10.1 Å². The molecule has 0 spiro atoms. The molecule has 0 bridgehead atoms. The Kier molecular flexibility index (Phi) is 3.82. The molecular formula is C13H13F3N2OS. The molecule has 0 radical (unpaired) electrons. The van der Waals surface area contributed by atoms with E-state index in [0.717, 1.165) is 4.90 Å². The largest absolute Gasteiger partial charge is 0.471 e. The third-order valence-corrected chi connectivity index (χ3v) is 3.29. The van der Waals surface area contributed by atoms with Gasteiger partial charge in [0, 0.05) is 15.2 Å². The Labute approximate surface area is 118 Å². The van der Waals surface area contributed by atoms with Gasteiger partial charge in [-0.3, -0.25) is 0 Å². The van der Waals surface area contributed by atoms with Crippen LogP contribution in [0.2, 0.25) is 0 Å². The lowest BCUT2D eigenvalue weighted by Gasteiger charge is -2.17. The fourth-order valence-corrected chi connectivity index (χ4v) is 2.55. The van der Waals surface area contributed by atoms with Crippen LogP contribution in [0.4, 0.5) is 13.2 Å². The lowest BCUT2D eigenvalue weighted by atomic mass is 10.2. The van der Waals surface area contributed by atoms with E-state index in [1.54, 1.807) is 30.0 Å². The predicted molar refractivity (Wildman–Crippen MR) is 70.3 cm³/mol. The first-order chi connectivity index (χ1) is 9.15. The van der Waals surface area contributed by atoms with Gasteiger partial charge in [-0.25, -0.2) is 0 Å². The van der Waals surface area contributed by atoms with Crippen LogP contribution >= 0.6 is 11.8 Å². The van der Waals surface area contributed by atoms with Crippen LogP contribution in [-0.2, 0) is 6.18 Å². The molecule has 2 aromatic rings. The van der Waals surface area contributed by atoms with E-state index in [4.69, 9.17) is 0 Å². The average molecular weight is 302 g/mol. The summed E-state index contributed by atoms with van der Waals surface area (Å²) in [5.41, 5.74) is 0.499. The fraction of sp³-hybridized carbons (Fsp3) is 0.385. The van der Waals surface area contributed by atoms with Crippen molar-refractivity contribution in [1.29, 1.82) is 0 Å². The van der Waals surface area contributed by atoms with Gasteiger partial charge in [0.25, 0.3) is 0 Å². The van der Waals surface area contributed by atoms with Gasteiger partial charge in [0.2, 0.25) is 5.82 Å². The van der Waals surface area contributed by atoms with Crippen LogP contribution in [0.3, 0.4) is 0 Å². The van der Waals surface area contributed by atoms with Gasteiger partial charge in [-0.1, -0.05) is 38.1 Å². The van der Waals surface area contributed by atoms with E-state index in [9.17, 15) is 13.2 Å². The maximum atomic E-state index is 12.4. The quantitative estimate of drug-likeness (QED) is 0.757. The van der Waals surface area contributed by atoms with Crippen molar-refractivity contribution >= 4 is 11.8 Å². The number of thioether (sulfide) groups is 1. The van der Waals surface area contributed by atoms with Crippen molar-refractivity contribution in [3.05, 3.63) is 30.2 Å². The number of nitrogens with zero attached hydrogens (tertiary/aromatic N) is 2. The van der Waals surface area contributed by atoms with E-state index in [-0.39, 0.29) is 10.6 Å². The summed E-state index contributed by atoms with van der Waals surface area (Å²) in [6.07, 6.45) is -4.62. The summed E-state index contributed by atoms with van der Waals surface area (Å²) >= 11 is 1.61. The molecule has 0 N–H and O–H groups in total. The van der Waals surface area contributed by atoms with Crippen molar-refractivity contribution in [2.75, 3.05) is 0 Å². The molecule has 20 heavy (non-hydrogen) atoms. The zero-order chi connectivity index (χ0) is 15.0. The molecule has 0 aliphatic heterocycles. The standard InChI is InChI=1S/C13H13F3N2OS/c1-12(2,3)20-9-6-4-5-8(7-9)10-17-11(19-18-10)13(14,15)16/h4-7H,1-3H3. The summed E-state index contributed by atoms with van der Waals surface area (Å²) in [5.74, 6) is -1.39. The maximum Gasteiger partial charge on any atom is 0.471 e. The van der Waals surface area contributed by atoms with Crippen LogP contribution in [0, 0.1) is 0 Å². The summed E-state index contributed by atoms with van der Waals surface area (Å²) in [7, 11) is 0. The highest BCUT2D eigenvalue weighted by atomic mass is 32.2. The summed E-state index contributed by atoms with van der Waals surface area (Å²) in [4.78, 5) is 4.32. The predicted octanol–water partition coefficient (Wildman–Crippen LogP) is 4.65. The van der Waals surface area contributed by atoms with Crippen molar-refractivity contribution in [3.63, 3.8) is 0 Å². The molecule has 1 aromatic carbocycles. The highest BCUT2D eigenvalue weighted by Crippen LogP contribution is 2.34. The van der Waals surface area contributed by atoms with Crippen LogP contribution in [0.5, 0.6) is 0 Å². The minimum Gasteiger partial charge on any atom is -0.329 e. The first-order valence-corrected chi connectivity index (χ1v) is 6.67. The molecule has 0 saturated heterocycles. The Bertz CT molecular complexity index is 602. The number of hydrogen-bond donors (Lipinski definition) is 0. The van der Waals surface area contributed by atoms with E-state index in [0.29, 0.717) is 5.56 Å². The molecule has 0 fully saturated rings. The number of benzene rings is 1. The van der Waals surface area contributed by atoms with Crippen molar-refractivity contribution in [3.8, 4) is 11.4 Å². The Morgan fingerprint density at radius 1 is 1.15 bits per heavy atom. The minimum absolute atomic E-state index is 0.00695. The lowest BCUT2D eigenvalue weighted by Crippen LogP contribution is -2.06. The van der Waals surface area contributed by atoms with E-state index >= 15 is 0 Å². The van der Waals surface area contributed by atoms with Gasteiger partial charge in [-0.2, -0.15) is 18.2 Å². The van der Waals surface area contributed by atoms with E-state index in [1.807, 2.05) is 6.07 Å². The highest BCUT2D eigenvalue weighted by molar-refractivity contribution is 8.00. The van der Waals surface area contributed by atoms with Gasteiger partial charge >= 0.3 is 12.1 Å². The second-order valence-electron chi connectivity index (χ2n) is 5.16. The number of alkyl halides is 3. The molecule has 108 valence electrons. The van der Waals surface area contributed by atoms with Crippen LogP contribution in [0.1, 0.15) is 26.7 Å². The highest BCUT2D eigenvalue weighted by Gasteiger charge is 2.38. The zero-order valence-corrected chi connectivity index (χ0v) is 12.0. The minimum atomic E-state index is -4.62. The summed E-state index contributed by atoms with van der Waals surface area (Å²) in [5, 5.41) is 3.38. The third-order valence-electron chi connectivity index (χ3n) is 2.18. The number of hydrogen-bond acceptors (Lipinski definition) is 4. The van der Waals surface area contributed by atoms with Gasteiger partial charge in [0.15, 0.2) is 0 Å². The van der Waals surface area contributed by atoms with Gasteiger partial charge in [0.1, 0.15) is 0 Å². The van der Waals surface area contributed by atoms with Crippen LogP contribution in [0.15, 0.2) is 33.7 Å². The van der Waals surface area contributed by atoms with Gasteiger partial charge in [-0.05, 0) is 12.1 Å². The van der Waals surface area contributed by atoms with Crippen molar-refractivity contribution in [2.24, 2.45) is 0 Å². The molecule has 3 nitrogen and oxygen atoms in total. The molecule has 0 aliphatic carbocycles. The average Bonchev–Trinajstić information content (AvgIpc) is 2.75. The first-order valence-electron chi connectivity index (χ1n) is 5.85. The molecule has 0 amide bonds. The van der Waals surface area contributed by atoms with Gasteiger partial charge < -0.3 is 4.52 Å². The molecule has 0 aliphatic rings. The number of rotatable bonds is 2. The molecule has 0 saturated carbocycles. The third kappa shape index (κ3) is 3.75. The molecule has 2 rings (SSSR count). The monoisotopic (exact) mass is 302 g/mol. The van der Waals surface area contributed by atoms with E-state index in [1.165, 1.54) is 0 Å². The molecule has 0 unspecified atom stereocenters. The number of aromatic nitrogens is 2. The molecule has 1 aromatic heterocycles. The van der Waals surface area contributed by atoms with Crippen LogP contribution in [-0.4, -0.2) is 14.9 Å². The lowest BCUT2D eigenvalue weighted by molar-refractivity contribution is -0.159. The van der Waals surface area contributed by atoms with Crippen LogP contribution < -0.4 is 0 Å². The second kappa shape index (κ2) is 5.12. The Balaban J connectivity index is 2.29. The van der Waals surface area contributed by atoms with Gasteiger partial charge in [-0.15, -0.1) is 11.8 Å². The summed E-state index contributed by atoms with van der Waals surface area (Å²) in [6.45, 7) is 6.17. The van der Waals surface area contributed by atoms with E-state index in [2.05, 4.69) is 35.4 Å². The smallest absolute Gasteiger partial charge is 0.329 e. The number of halogens is 3. The maximum absolute atomic E-state index is 12.4. The fourth-order valence-electron chi connectivity index (χ4n) is 1.51. The van der Waals surface area contributed by atoms with E-state index < -0.39 is 12.1 Å². The Morgan fingerprint density at radius 3 is 2.40 bits per heavy atom. The van der Waals surface area contributed by atoms with Crippen molar-refractivity contribution < 1.29 is 17.7 Å². The molecule has 0 atom stereocenters. The summed E-state index contributed by atoms with van der Waals surface area (Å²) < 4.78 is 41.5.